The zero-order chi connectivity index (χ0) is 25.5. The van der Waals surface area contributed by atoms with Gasteiger partial charge in [-0.1, -0.05) is 98.0 Å². The van der Waals surface area contributed by atoms with Crippen LogP contribution in [0.1, 0.15) is 62.6 Å². The molecule has 1 unspecified atom stereocenters. The Labute approximate surface area is 209 Å². The number of hydrogen-bond donors (Lipinski definition) is 0. The van der Waals surface area contributed by atoms with Gasteiger partial charge in [0.15, 0.2) is 0 Å². The molecule has 0 saturated heterocycles. The molecule has 0 amide bonds. The van der Waals surface area contributed by atoms with Crippen LogP contribution in [0.25, 0.3) is 27.8 Å². The maximum atomic E-state index is 15.2. The second-order valence-corrected chi connectivity index (χ2v) is 9.26. The minimum atomic E-state index is -0.0937. The summed E-state index contributed by atoms with van der Waals surface area (Å²) in [5, 5.41) is 0. The Morgan fingerprint density at radius 1 is 0.914 bits per heavy atom. The molecule has 1 aliphatic rings. The highest BCUT2D eigenvalue weighted by Gasteiger charge is 2.27. The van der Waals surface area contributed by atoms with Gasteiger partial charge in [-0.05, 0) is 78.1 Å². The van der Waals surface area contributed by atoms with Crippen molar-refractivity contribution < 1.29 is 9.18 Å². The van der Waals surface area contributed by atoms with E-state index in [9.17, 15) is 4.79 Å². The smallest absolute Gasteiger partial charge is 0.130 e. The standard InChI is InChI=1S/C29H27F.C4H8O/c1-18(2)21-6-8-22(9-7-21)23-10-12-24(13-11-23)26-15-17-28(29(30)20(26)5)27-16-14-25(27)19(3)4;1-2-3-4-5/h6-15,17,27H,1,3,16H2,2,4-5H3;4H,2-3H2,1H3. The van der Waals surface area contributed by atoms with Gasteiger partial charge in [0.1, 0.15) is 12.1 Å². The Balaban J connectivity index is 0.000000623. The molecule has 0 aliphatic heterocycles. The zero-order valence-corrected chi connectivity index (χ0v) is 21.3. The topological polar surface area (TPSA) is 17.1 Å². The molecule has 0 heterocycles. The van der Waals surface area contributed by atoms with Crippen LogP contribution < -0.4 is 0 Å². The first kappa shape index (κ1) is 26.1. The summed E-state index contributed by atoms with van der Waals surface area (Å²) in [5.74, 6) is 0.0450. The molecule has 2 heteroatoms. The molecule has 0 saturated carbocycles. The van der Waals surface area contributed by atoms with E-state index in [4.69, 9.17) is 0 Å². The Hall–Kier alpha value is -3.52. The van der Waals surface area contributed by atoms with Crippen molar-refractivity contribution in [2.45, 2.75) is 52.9 Å². The van der Waals surface area contributed by atoms with E-state index in [2.05, 4.69) is 73.8 Å². The SMILES string of the molecule is C=C(C)C1=CCC1c1ccc(-c2ccc(-c3ccc(C(=C)C)cc3)cc2)c(C)c1F.CCCC=O. The van der Waals surface area contributed by atoms with Crippen molar-refractivity contribution in [2.75, 3.05) is 0 Å². The number of carbonyl (C=O) groups excluding carboxylic acids is 1. The highest BCUT2D eigenvalue weighted by atomic mass is 19.1. The Morgan fingerprint density at radius 3 is 1.91 bits per heavy atom. The van der Waals surface area contributed by atoms with Crippen LogP contribution in [-0.4, -0.2) is 6.29 Å². The monoisotopic (exact) mass is 466 g/mol. The third-order valence-corrected chi connectivity index (χ3v) is 6.55. The van der Waals surface area contributed by atoms with Gasteiger partial charge < -0.3 is 4.79 Å². The third-order valence-electron chi connectivity index (χ3n) is 6.55. The van der Waals surface area contributed by atoms with Gasteiger partial charge >= 0.3 is 0 Å². The lowest BCUT2D eigenvalue weighted by atomic mass is 9.75. The number of unbranched alkanes of at least 4 members (excludes halogenated alkanes) is 1. The molecule has 0 N–H and O–H groups in total. The first-order valence-electron chi connectivity index (χ1n) is 12.2. The number of halogens is 1. The molecule has 0 aromatic heterocycles. The number of hydrogen-bond acceptors (Lipinski definition) is 1. The summed E-state index contributed by atoms with van der Waals surface area (Å²) < 4.78 is 15.2. The van der Waals surface area contributed by atoms with Gasteiger partial charge in [-0.15, -0.1) is 0 Å². The van der Waals surface area contributed by atoms with E-state index in [0.717, 1.165) is 63.7 Å². The maximum Gasteiger partial charge on any atom is 0.130 e. The molecule has 1 nitrogen and oxygen atoms in total. The fourth-order valence-electron chi connectivity index (χ4n) is 4.31. The van der Waals surface area contributed by atoms with Crippen molar-refractivity contribution in [1.82, 2.24) is 0 Å². The van der Waals surface area contributed by atoms with Gasteiger partial charge in [-0.2, -0.15) is 0 Å². The lowest BCUT2D eigenvalue weighted by Crippen LogP contribution is -2.13. The Kier molecular flexibility index (Phi) is 8.76. The van der Waals surface area contributed by atoms with Gasteiger partial charge in [0, 0.05) is 12.3 Å². The molecule has 180 valence electrons. The number of carbonyl (C=O) groups is 1. The van der Waals surface area contributed by atoms with Gasteiger partial charge in [0.2, 0.25) is 0 Å². The number of rotatable bonds is 7. The maximum absolute atomic E-state index is 15.2. The second kappa shape index (κ2) is 11.8. The highest BCUT2D eigenvalue weighted by molar-refractivity contribution is 5.74. The van der Waals surface area contributed by atoms with E-state index < -0.39 is 0 Å². The molecule has 3 aromatic carbocycles. The van der Waals surface area contributed by atoms with E-state index in [-0.39, 0.29) is 11.7 Å². The van der Waals surface area contributed by atoms with Crippen molar-refractivity contribution in [3.05, 3.63) is 114 Å². The van der Waals surface area contributed by atoms with Crippen LogP contribution in [0.15, 0.2) is 91.0 Å². The fraction of sp³-hybridized carbons (Fsp3) is 0.242. The van der Waals surface area contributed by atoms with E-state index in [1.54, 1.807) is 0 Å². The van der Waals surface area contributed by atoms with Gasteiger partial charge in [0.25, 0.3) is 0 Å². The van der Waals surface area contributed by atoms with E-state index in [1.807, 2.05) is 33.8 Å². The minimum Gasteiger partial charge on any atom is -0.303 e. The van der Waals surface area contributed by atoms with Crippen molar-refractivity contribution >= 4 is 11.9 Å². The van der Waals surface area contributed by atoms with Gasteiger partial charge in [-0.25, -0.2) is 4.39 Å². The highest BCUT2D eigenvalue weighted by Crippen LogP contribution is 2.43. The summed E-state index contributed by atoms with van der Waals surface area (Å²) in [6.45, 7) is 15.9. The summed E-state index contributed by atoms with van der Waals surface area (Å²) in [6.07, 6.45) is 5.65. The zero-order valence-electron chi connectivity index (χ0n) is 21.3. The predicted molar refractivity (Wildman–Crippen MR) is 148 cm³/mol. The lowest BCUT2D eigenvalue weighted by Gasteiger charge is -2.29. The summed E-state index contributed by atoms with van der Waals surface area (Å²) in [6, 6.07) is 20.8. The van der Waals surface area contributed by atoms with Crippen LogP contribution in [0.4, 0.5) is 4.39 Å². The minimum absolute atomic E-state index is 0.0937. The fourth-order valence-corrected chi connectivity index (χ4v) is 4.31. The molecular formula is C33H35FO. The normalized spacial score (nSPS) is 14.2. The van der Waals surface area contributed by atoms with Crippen molar-refractivity contribution in [2.24, 2.45) is 0 Å². The average Bonchev–Trinajstić information content (AvgIpc) is 2.82. The molecule has 0 fully saturated rings. The van der Waals surface area contributed by atoms with Crippen LogP contribution in [-0.2, 0) is 4.79 Å². The molecule has 3 aromatic rings. The first-order valence-corrected chi connectivity index (χ1v) is 12.2. The van der Waals surface area contributed by atoms with Crippen molar-refractivity contribution in [3.63, 3.8) is 0 Å². The first-order chi connectivity index (χ1) is 16.8. The number of benzene rings is 3. The summed E-state index contributed by atoms with van der Waals surface area (Å²) in [4.78, 5) is 9.40. The predicted octanol–water partition coefficient (Wildman–Crippen LogP) is 9.48. The van der Waals surface area contributed by atoms with Crippen LogP contribution in [0.3, 0.4) is 0 Å². The van der Waals surface area contributed by atoms with E-state index in [1.165, 1.54) is 5.57 Å². The molecule has 35 heavy (non-hydrogen) atoms. The van der Waals surface area contributed by atoms with Gasteiger partial charge in [-0.3, -0.25) is 0 Å². The second-order valence-electron chi connectivity index (χ2n) is 9.26. The van der Waals surface area contributed by atoms with Crippen molar-refractivity contribution in [3.8, 4) is 22.3 Å². The summed E-state index contributed by atoms with van der Waals surface area (Å²) in [7, 11) is 0. The van der Waals surface area contributed by atoms with Crippen LogP contribution in [0.2, 0.25) is 0 Å². The molecule has 0 radical (unpaired) electrons. The molecule has 1 aliphatic carbocycles. The molecular weight excluding hydrogens is 431 g/mol. The van der Waals surface area contributed by atoms with E-state index >= 15 is 4.39 Å². The molecule has 4 rings (SSSR count). The average molecular weight is 467 g/mol. The largest absolute Gasteiger partial charge is 0.303 e. The molecule has 0 spiro atoms. The molecule has 0 bridgehead atoms. The third kappa shape index (κ3) is 5.95. The Bertz CT molecular complexity index is 1240. The Morgan fingerprint density at radius 2 is 1.49 bits per heavy atom. The van der Waals surface area contributed by atoms with Crippen LogP contribution >= 0.6 is 0 Å². The van der Waals surface area contributed by atoms with Crippen LogP contribution in [0, 0.1) is 12.7 Å². The van der Waals surface area contributed by atoms with E-state index in [0.29, 0.717) is 12.0 Å². The number of aldehydes is 1. The lowest BCUT2D eigenvalue weighted by molar-refractivity contribution is -0.107. The molecule has 1 atom stereocenters. The van der Waals surface area contributed by atoms with Gasteiger partial charge in [0.05, 0.1) is 0 Å². The quantitative estimate of drug-likeness (QED) is 0.317. The summed E-state index contributed by atoms with van der Waals surface area (Å²) >= 11 is 0. The summed E-state index contributed by atoms with van der Waals surface area (Å²) in [5.41, 5.74) is 10.2. The van der Waals surface area contributed by atoms with Crippen molar-refractivity contribution in [1.29, 1.82) is 0 Å². The van der Waals surface area contributed by atoms with Crippen LogP contribution in [0.5, 0.6) is 0 Å². The number of allylic oxidation sites excluding steroid dienone is 4.